The number of amides is 1. The first-order valence-electron chi connectivity index (χ1n) is 11.2. The molecule has 3 aromatic rings. The van der Waals surface area contributed by atoms with Gasteiger partial charge in [0, 0.05) is 55.7 Å². The van der Waals surface area contributed by atoms with Crippen LogP contribution in [-0.4, -0.2) is 53.5 Å². The van der Waals surface area contributed by atoms with Crippen LogP contribution in [0.3, 0.4) is 0 Å². The Morgan fingerprint density at radius 3 is 2.45 bits per heavy atom. The van der Waals surface area contributed by atoms with Gasteiger partial charge >= 0.3 is 0 Å². The monoisotopic (exact) mass is 465 g/mol. The van der Waals surface area contributed by atoms with E-state index in [2.05, 4.69) is 16.0 Å². The van der Waals surface area contributed by atoms with Crippen LogP contribution in [0.2, 0.25) is 5.02 Å². The minimum Gasteiger partial charge on any atom is -0.490 e. The standard InChI is InChI=1S/C26H28ClN3O3/c1-2-32-25-17-22(6-7-24(25)33-19-20-8-10-28-11-9-20)26(31)30-14-12-29(13-15-30)18-21-4-3-5-23(27)16-21/h3-11,16-17H,2,12-15,18-19H2,1H3. The second-order valence-corrected chi connectivity index (χ2v) is 8.37. The molecule has 33 heavy (non-hydrogen) atoms. The first-order chi connectivity index (χ1) is 16.1. The average molecular weight is 466 g/mol. The molecule has 0 unspecified atom stereocenters. The van der Waals surface area contributed by atoms with Crippen LogP contribution in [0, 0.1) is 0 Å². The van der Waals surface area contributed by atoms with E-state index in [4.69, 9.17) is 21.1 Å². The Labute approximate surface area is 199 Å². The summed E-state index contributed by atoms with van der Waals surface area (Å²) in [4.78, 5) is 21.4. The third-order valence-corrected chi connectivity index (χ3v) is 5.82. The van der Waals surface area contributed by atoms with Gasteiger partial charge in [0.15, 0.2) is 11.5 Å². The molecule has 0 bridgehead atoms. The topological polar surface area (TPSA) is 54.9 Å². The van der Waals surface area contributed by atoms with Crippen molar-refractivity contribution in [2.75, 3.05) is 32.8 Å². The summed E-state index contributed by atoms with van der Waals surface area (Å²) in [5.41, 5.74) is 2.81. The van der Waals surface area contributed by atoms with Gasteiger partial charge in [-0.1, -0.05) is 23.7 Å². The van der Waals surface area contributed by atoms with Crippen molar-refractivity contribution in [1.82, 2.24) is 14.8 Å². The molecule has 2 aromatic carbocycles. The van der Waals surface area contributed by atoms with Gasteiger partial charge in [-0.25, -0.2) is 0 Å². The fraction of sp³-hybridized carbons (Fsp3) is 0.308. The smallest absolute Gasteiger partial charge is 0.254 e. The first-order valence-corrected chi connectivity index (χ1v) is 11.5. The highest BCUT2D eigenvalue weighted by atomic mass is 35.5. The number of carbonyl (C=O) groups excluding carboxylic acids is 1. The van der Waals surface area contributed by atoms with Crippen molar-refractivity contribution < 1.29 is 14.3 Å². The van der Waals surface area contributed by atoms with Crippen LogP contribution >= 0.6 is 11.6 Å². The highest BCUT2D eigenvalue weighted by Crippen LogP contribution is 2.30. The molecule has 1 aliphatic heterocycles. The van der Waals surface area contributed by atoms with Crippen LogP contribution in [-0.2, 0) is 13.2 Å². The van der Waals surface area contributed by atoms with E-state index in [0.29, 0.717) is 43.4 Å². The maximum absolute atomic E-state index is 13.1. The van der Waals surface area contributed by atoms with Gasteiger partial charge in [-0.2, -0.15) is 0 Å². The number of pyridine rings is 1. The zero-order valence-electron chi connectivity index (χ0n) is 18.7. The van der Waals surface area contributed by atoms with E-state index in [0.717, 1.165) is 30.2 Å². The largest absolute Gasteiger partial charge is 0.490 e. The molecule has 1 aromatic heterocycles. The van der Waals surface area contributed by atoms with Crippen molar-refractivity contribution in [2.24, 2.45) is 0 Å². The van der Waals surface area contributed by atoms with E-state index < -0.39 is 0 Å². The molecule has 0 spiro atoms. The minimum absolute atomic E-state index is 0.0130. The van der Waals surface area contributed by atoms with Crippen molar-refractivity contribution in [3.8, 4) is 11.5 Å². The van der Waals surface area contributed by atoms with Gasteiger partial charge in [-0.05, 0) is 60.5 Å². The number of halogens is 1. The molecular weight excluding hydrogens is 438 g/mol. The van der Waals surface area contributed by atoms with Crippen molar-refractivity contribution in [3.63, 3.8) is 0 Å². The molecule has 1 amide bonds. The van der Waals surface area contributed by atoms with E-state index in [1.807, 2.05) is 54.3 Å². The molecule has 172 valence electrons. The molecular formula is C26H28ClN3O3. The fourth-order valence-corrected chi connectivity index (χ4v) is 4.07. The van der Waals surface area contributed by atoms with Crippen LogP contribution in [0.4, 0.5) is 0 Å². The number of ether oxygens (including phenoxy) is 2. The molecule has 0 radical (unpaired) electrons. The zero-order chi connectivity index (χ0) is 23.0. The number of hydrogen-bond donors (Lipinski definition) is 0. The molecule has 7 heteroatoms. The Bertz CT molecular complexity index is 1070. The normalized spacial score (nSPS) is 14.2. The van der Waals surface area contributed by atoms with Crippen LogP contribution in [0.15, 0.2) is 67.0 Å². The van der Waals surface area contributed by atoms with Gasteiger partial charge in [-0.15, -0.1) is 0 Å². The van der Waals surface area contributed by atoms with Crippen molar-refractivity contribution >= 4 is 17.5 Å². The minimum atomic E-state index is 0.0130. The van der Waals surface area contributed by atoms with Crippen LogP contribution in [0.25, 0.3) is 0 Å². The lowest BCUT2D eigenvalue weighted by atomic mass is 10.1. The van der Waals surface area contributed by atoms with Gasteiger partial charge in [0.25, 0.3) is 5.91 Å². The lowest BCUT2D eigenvalue weighted by Crippen LogP contribution is -2.48. The molecule has 4 rings (SSSR count). The molecule has 1 fully saturated rings. The van der Waals surface area contributed by atoms with E-state index in [9.17, 15) is 4.79 Å². The summed E-state index contributed by atoms with van der Waals surface area (Å²) in [5.74, 6) is 1.22. The third-order valence-electron chi connectivity index (χ3n) is 5.59. The second kappa shape index (κ2) is 11.2. The predicted octanol–water partition coefficient (Wildman–Crippen LogP) is 4.67. The van der Waals surface area contributed by atoms with Crippen LogP contribution in [0.1, 0.15) is 28.4 Å². The summed E-state index contributed by atoms with van der Waals surface area (Å²) in [5, 5.41) is 0.750. The van der Waals surface area contributed by atoms with E-state index in [1.54, 1.807) is 18.5 Å². The maximum Gasteiger partial charge on any atom is 0.254 e. The van der Waals surface area contributed by atoms with E-state index in [1.165, 1.54) is 5.56 Å². The number of rotatable bonds is 8. The molecule has 1 saturated heterocycles. The predicted molar refractivity (Wildman–Crippen MR) is 129 cm³/mol. The second-order valence-electron chi connectivity index (χ2n) is 7.94. The lowest BCUT2D eigenvalue weighted by molar-refractivity contribution is 0.0628. The Morgan fingerprint density at radius 2 is 1.73 bits per heavy atom. The van der Waals surface area contributed by atoms with Crippen molar-refractivity contribution in [1.29, 1.82) is 0 Å². The van der Waals surface area contributed by atoms with Gasteiger partial charge in [0.05, 0.1) is 6.61 Å². The summed E-state index contributed by atoms with van der Waals surface area (Å²) in [6, 6.07) is 17.1. The SMILES string of the molecule is CCOc1cc(C(=O)N2CCN(Cc3cccc(Cl)c3)CC2)ccc1OCc1ccncc1. The number of piperazine rings is 1. The summed E-state index contributed by atoms with van der Waals surface area (Å²) >= 11 is 6.10. The van der Waals surface area contributed by atoms with Crippen LogP contribution < -0.4 is 9.47 Å². The Hall–Kier alpha value is -3.09. The maximum atomic E-state index is 13.1. The van der Waals surface area contributed by atoms with Gasteiger partial charge in [0.1, 0.15) is 6.61 Å². The highest BCUT2D eigenvalue weighted by Gasteiger charge is 2.23. The molecule has 2 heterocycles. The number of carbonyl (C=O) groups is 1. The zero-order valence-corrected chi connectivity index (χ0v) is 19.5. The molecule has 0 saturated carbocycles. The number of hydrogen-bond acceptors (Lipinski definition) is 5. The quantitative estimate of drug-likeness (QED) is 0.484. The third kappa shape index (κ3) is 6.24. The Kier molecular flexibility index (Phi) is 7.81. The van der Waals surface area contributed by atoms with Gasteiger partial charge in [0.2, 0.25) is 0 Å². The molecule has 1 aliphatic rings. The Morgan fingerprint density at radius 1 is 0.939 bits per heavy atom. The number of nitrogens with zero attached hydrogens (tertiary/aromatic N) is 3. The van der Waals surface area contributed by atoms with Crippen molar-refractivity contribution in [2.45, 2.75) is 20.1 Å². The average Bonchev–Trinajstić information content (AvgIpc) is 2.84. The lowest BCUT2D eigenvalue weighted by Gasteiger charge is -2.35. The fourth-order valence-electron chi connectivity index (χ4n) is 3.85. The summed E-state index contributed by atoms with van der Waals surface area (Å²) in [6.07, 6.45) is 3.47. The number of aromatic nitrogens is 1. The molecule has 6 nitrogen and oxygen atoms in total. The molecule has 0 N–H and O–H groups in total. The van der Waals surface area contributed by atoms with Gasteiger partial charge < -0.3 is 14.4 Å². The molecule has 0 aliphatic carbocycles. The van der Waals surface area contributed by atoms with E-state index in [-0.39, 0.29) is 5.91 Å². The van der Waals surface area contributed by atoms with Crippen molar-refractivity contribution in [3.05, 3.63) is 88.7 Å². The van der Waals surface area contributed by atoms with E-state index >= 15 is 0 Å². The molecule has 0 atom stereocenters. The summed E-state index contributed by atoms with van der Waals surface area (Å²) in [6.45, 7) is 6.66. The summed E-state index contributed by atoms with van der Waals surface area (Å²) in [7, 11) is 0. The first kappa shape index (κ1) is 23.1. The van der Waals surface area contributed by atoms with Gasteiger partial charge in [-0.3, -0.25) is 14.7 Å². The summed E-state index contributed by atoms with van der Waals surface area (Å²) < 4.78 is 11.7. The van der Waals surface area contributed by atoms with Crippen LogP contribution in [0.5, 0.6) is 11.5 Å². The Balaban J connectivity index is 1.37. The number of benzene rings is 2. The highest BCUT2D eigenvalue weighted by molar-refractivity contribution is 6.30.